The predicted octanol–water partition coefficient (Wildman–Crippen LogP) is 5.92. The summed E-state index contributed by atoms with van der Waals surface area (Å²) in [6.07, 6.45) is 1.96. The first-order valence-electron chi connectivity index (χ1n) is 12.0. The van der Waals surface area contributed by atoms with Crippen molar-refractivity contribution in [2.24, 2.45) is 0 Å². The minimum Gasteiger partial charge on any atom is -0.478 e. The molecule has 0 unspecified atom stereocenters. The Morgan fingerprint density at radius 2 is 0.973 bits per heavy atom. The van der Waals surface area contributed by atoms with Gasteiger partial charge in [-0.15, -0.1) is 0 Å². The van der Waals surface area contributed by atoms with Crippen molar-refractivity contribution in [3.63, 3.8) is 0 Å². The normalized spacial score (nSPS) is 15.4. The van der Waals surface area contributed by atoms with Crippen LogP contribution in [-0.2, 0) is 10.8 Å². The number of rotatable bonds is 5. The van der Waals surface area contributed by atoms with Gasteiger partial charge in [-0.1, -0.05) is 33.8 Å². The van der Waals surface area contributed by atoms with Crippen molar-refractivity contribution in [3.05, 3.63) is 100 Å². The van der Waals surface area contributed by atoms with Crippen LogP contribution in [0.1, 0.15) is 93.1 Å². The fourth-order valence-corrected chi connectivity index (χ4v) is 4.81. The third-order valence-corrected chi connectivity index (χ3v) is 7.26. The summed E-state index contributed by atoms with van der Waals surface area (Å²) in [7, 11) is 0. The van der Waals surface area contributed by atoms with Crippen molar-refractivity contribution < 1.29 is 29.4 Å². The van der Waals surface area contributed by atoms with Gasteiger partial charge in [0.2, 0.25) is 0 Å². The molecule has 7 heteroatoms. The van der Waals surface area contributed by atoms with E-state index in [2.05, 4.69) is 27.7 Å². The van der Waals surface area contributed by atoms with E-state index in [-0.39, 0.29) is 33.1 Å². The summed E-state index contributed by atoms with van der Waals surface area (Å²) in [5.74, 6) is -3.47. The average molecular weight is 500 g/mol. The second kappa shape index (κ2) is 9.32. The molecule has 0 heterocycles. The highest BCUT2D eigenvalue weighted by molar-refractivity contribution is 6.26. The molecule has 3 aromatic rings. The molecule has 0 aromatic heterocycles. The summed E-state index contributed by atoms with van der Waals surface area (Å²) >= 11 is 0. The number of fused-ring (bicyclic) bond motifs is 1. The lowest BCUT2D eigenvalue weighted by Gasteiger charge is -2.42. The number of hydrogen-bond donors (Lipinski definition) is 2. The van der Waals surface area contributed by atoms with E-state index in [0.717, 1.165) is 23.3 Å². The standard InChI is InChI=1S/C30H29NO6/c1-29(2)15-16-30(3,4)24-17-22(13-14-23(24)29)31(25(32)18-5-9-20(10-6-18)27(34)35)26(33)19-7-11-21(12-8-19)28(36)37/h5-14,17H,15-16H2,1-4H3,(H,34,35)(H,36,37). The fraction of sp³-hybridized carbons (Fsp3) is 0.267. The molecule has 7 nitrogen and oxygen atoms in total. The minimum absolute atomic E-state index is 0.0245. The largest absolute Gasteiger partial charge is 0.478 e. The Balaban J connectivity index is 1.84. The van der Waals surface area contributed by atoms with Crippen molar-refractivity contribution >= 4 is 29.4 Å². The van der Waals surface area contributed by atoms with E-state index in [1.807, 2.05) is 12.1 Å². The smallest absolute Gasteiger partial charge is 0.335 e. The molecule has 1 aliphatic carbocycles. The summed E-state index contributed by atoms with van der Waals surface area (Å²) in [4.78, 5) is 51.1. The van der Waals surface area contributed by atoms with Crippen LogP contribution in [0.25, 0.3) is 0 Å². The van der Waals surface area contributed by atoms with Gasteiger partial charge >= 0.3 is 11.9 Å². The number of carboxylic acid groups (broad SMARTS) is 2. The first-order chi connectivity index (χ1) is 17.3. The summed E-state index contributed by atoms with van der Waals surface area (Å²) in [5.41, 5.74) is 2.76. The number of carboxylic acids is 2. The Morgan fingerprint density at radius 1 is 0.595 bits per heavy atom. The summed E-state index contributed by atoms with van der Waals surface area (Å²) in [6.45, 7) is 8.66. The number of benzene rings is 3. The van der Waals surface area contributed by atoms with Crippen molar-refractivity contribution in [3.8, 4) is 0 Å². The van der Waals surface area contributed by atoms with Gasteiger partial charge in [-0.05, 0) is 95.5 Å². The van der Waals surface area contributed by atoms with Crippen LogP contribution in [-0.4, -0.2) is 34.0 Å². The van der Waals surface area contributed by atoms with Crippen molar-refractivity contribution in [2.75, 3.05) is 4.90 Å². The van der Waals surface area contributed by atoms with Gasteiger partial charge in [-0.25, -0.2) is 14.5 Å². The van der Waals surface area contributed by atoms with Crippen molar-refractivity contribution in [1.29, 1.82) is 0 Å². The molecule has 2 N–H and O–H groups in total. The Kier molecular flexibility index (Phi) is 6.50. The molecular weight excluding hydrogens is 470 g/mol. The molecule has 0 bridgehead atoms. The molecule has 3 aromatic carbocycles. The minimum atomic E-state index is -1.12. The highest BCUT2D eigenvalue weighted by Gasteiger charge is 2.38. The van der Waals surface area contributed by atoms with Crippen molar-refractivity contribution in [1.82, 2.24) is 0 Å². The van der Waals surface area contributed by atoms with Gasteiger partial charge in [0.15, 0.2) is 0 Å². The summed E-state index contributed by atoms with van der Waals surface area (Å²) < 4.78 is 0. The predicted molar refractivity (Wildman–Crippen MR) is 140 cm³/mol. The van der Waals surface area contributed by atoms with Gasteiger partial charge in [0.05, 0.1) is 16.8 Å². The number of hydrogen-bond acceptors (Lipinski definition) is 4. The number of anilines is 1. The van der Waals surface area contributed by atoms with Crippen LogP contribution in [0.3, 0.4) is 0 Å². The van der Waals surface area contributed by atoms with E-state index in [1.165, 1.54) is 54.1 Å². The van der Waals surface area contributed by atoms with Gasteiger partial charge in [0.25, 0.3) is 11.8 Å². The van der Waals surface area contributed by atoms with Crippen LogP contribution < -0.4 is 4.90 Å². The van der Waals surface area contributed by atoms with E-state index in [4.69, 9.17) is 0 Å². The van der Waals surface area contributed by atoms with E-state index < -0.39 is 23.8 Å². The molecule has 4 rings (SSSR count). The highest BCUT2D eigenvalue weighted by atomic mass is 16.4. The second-order valence-corrected chi connectivity index (χ2v) is 10.7. The molecule has 1 aliphatic rings. The lowest BCUT2D eigenvalue weighted by molar-refractivity contribution is 0.0686. The molecular formula is C30H29NO6. The van der Waals surface area contributed by atoms with Crippen LogP contribution in [0.4, 0.5) is 5.69 Å². The molecule has 0 radical (unpaired) electrons. The third-order valence-electron chi connectivity index (χ3n) is 7.26. The molecule has 0 saturated carbocycles. The summed E-state index contributed by atoms with van der Waals surface area (Å²) in [5, 5.41) is 18.4. The maximum absolute atomic E-state index is 13.7. The molecule has 190 valence electrons. The van der Waals surface area contributed by atoms with Crippen LogP contribution >= 0.6 is 0 Å². The SMILES string of the molecule is CC1(C)CCC(C)(C)c2cc(N(C(=O)c3ccc(C(=O)O)cc3)C(=O)c3ccc(C(=O)O)cc3)ccc21. The zero-order valence-electron chi connectivity index (χ0n) is 21.2. The lowest BCUT2D eigenvalue weighted by atomic mass is 9.63. The van der Waals surface area contributed by atoms with E-state index >= 15 is 0 Å². The summed E-state index contributed by atoms with van der Waals surface area (Å²) in [6, 6.07) is 16.4. The number of nitrogens with zero attached hydrogens (tertiary/aromatic N) is 1. The third kappa shape index (κ3) is 4.89. The lowest BCUT2D eigenvalue weighted by Crippen LogP contribution is -2.38. The molecule has 0 saturated heterocycles. The maximum atomic E-state index is 13.7. The molecule has 0 spiro atoms. The number of imide groups is 1. The van der Waals surface area contributed by atoms with Gasteiger partial charge in [0, 0.05) is 11.1 Å². The highest BCUT2D eigenvalue weighted by Crippen LogP contribution is 2.47. The topological polar surface area (TPSA) is 112 Å². The molecule has 37 heavy (non-hydrogen) atoms. The monoisotopic (exact) mass is 499 g/mol. The molecule has 0 fully saturated rings. The Bertz CT molecular complexity index is 1330. The Hall–Kier alpha value is -4.26. The van der Waals surface area contributed by atoms with Crippen LogP contribution in [0.5, 0.6) is 0 Å². The number of aromatic carboxylic acids is 2. The average Bonchev–Trinajstić information content (AvgIpc) is 2.87. The van der Waals surface area contributed by atoms with Crippen LogP contribution in [0.2, 0.25) is 0 Å². The number of carbonyl (C=O) groups is 4. The van der Waals surface area contributed by atoms with Crippen molar-refractivity contribution in [2.45, 2.75) is 51.4 Å². The number of carbonyl (C=O) groups excluding carboxylic acids is 2. The number of amides is 2. The zero-order valence-corrected chi connectivity index (χ0v) is 21.2. The van der Waals surface area contributed by atoms with E-state index in [0.29, 0.717) is 5.69 Å². The first-order valence-corrected chi connectivity index (χ1v) is 12.0. The van der Waals surface area contributed by atoms with Gasteiger partial charge in [0.1, 0.15) is 0 Å². The Labute approximate surface area is 215 Å². The molecule has 0 aliphatic heterocycles. The van der Waals surface area contributed by atoms with Gasteiger partial charge < -0.3 is 10.2 Å². The molecule has 0 atom stereocenters. The van der Waals surface area contributed by atoms with Crippen LogP contribution in [0, 0.1) is 0 Å². The molecule has 2 amide bonds. The van der Waals surface area contributed by atoms with Crippen LogP contribution in [0.15, 0.2) is 66.7 Å². The maximum Gasteiger partial charge on any atom is 0.335 e. The van der Waals surface area contributed by atoms with E-state index in [9.17, 15) is 29.4 Å². The quantitative estimate of drug-likeness (QED) is 0.422. The zero-order chi connectivity index (χ0) is 27.1. The second-order valence-electron chi connectivity index (χ2n) is 10.7. The van der Waals surface area contributed by atoms with E-state index in [1.54, 1.807) is 6.07 Å². The van der Waals surface area contributed by atoms with Gasteiger partial charge in [-0.2, -0.15) is 0 Å². The van der Waals surface area contributed by atoms with Gasteiger partial charge in [-0.3, -0.25) is 9.59 Å². The fourth-order valence-electron chi connectivity index (χ4n) is 4.81. The first kappa shape index (κ1) is 25.8. The Morgan fingerprint density at radius 3 is 1.38 bits per heavy atom.